The first-order chi connectivity index (χ1) is 8.94. The van der Waals surface area contributed by atoms with Crippen molar-refractivity contribution in [3.05, 3.63) is 35.4 Å². The van der Waals surface area contributed by atoms with E-state index in [0.29, 0.717) is 24.1 Å². The molecule has 6 nitrogen and oxygen atoms in total. The normalized spacial score (nSPS) is 11.4. The molecule has 0 saturated carbocycles. The highest BCUT2D eigenvalue weighted by Crippen LogP contribution is 2.09. The number of rotatable bonds is 8. The number of carboxylic acid groups (broad SMARTS) is 1. The van der Waals surface area contributed by atoms with Crippen LogP contribution in [-0.4, -0.2) is 26.0 Å². The van der Waals surface area contributed by atoms with Crippen molar-refractivity contribution in [1.82, 2.24) is 9.44 Å². The molecule has 0 amide bonds. The van der Waals surface area contributed by atoms with E-state index in [4.69, 9.17) is 5.11 Å². The summed E-state index contributed by atoms with van der Waals surface area (Å²) >= 11 is 0. The van der Waals surface area contributed by atoms with Crippen molar-refractivity contribution in [2.75, 3.05) is 6.54 Å². The van der Waals surface area contributed by atoms with Gasteiger partial charge in [0, 0.05) is 13.1 Å². The summed E-state index contributed by atoms with van der Waals surface area (Å²) in [5.41, 5.74) is 1.26. The molecule has 1 rings (SSSR count). The lowest BCUT2D eigenvalue weighted by Gasteiger charge is -2.10. The van der Waals surface area contributed by atoms with E-state index >= 15 is 0 Å². The Kier molecular flexibility index (Phi) is 5.94. The fraction of sp³-hybridized carbons (Fsp3) is 0.417. The van der Waals surface area contributed by atoms with Crippen LogP contribution in [0.3, 0.4) is 0 Å². The molecule has 106 valence electrons. The Morgan fingerprint density at radius 2 is 1.84 bits per heavy atom. The first-order valence-electron chi connectivity index (χ1n) is 5.97. The van der Waals surface area contributed by atoms with Gasteiger partial charge in [0.25, 0.3) is 10.2 Å². The van der Waals surface area contributed by atoms with Crippen molar-refractivity contribution >= 4 is 16.2 Å². The van der Waals surface area contributed by atoms with Crippen LogP contribution < -0.4 is 9.44 Å². The summed E-state index contributed by atoms with van der Waals surface area (Å²) in [6.07, 6.45) is 0.580. The Labute approximate surface area is 113 Å². The molecule has 0 fully saturated rings. The SMILES string of the molecule is CCCNS(=O)(=O)NCc1ccccc1CC(=O)O. The number of hydrogen-bond acceptors (Lipinski definition) is 3. The Balaban J connectivity index is 2.69. The molecule has 0 radical (unpaired) electrons. The van der Waals surface area contributed by atoms with E-state index < -0.39 is 16.2 Å². The predicted molar refractivity (Wildman–Crippen MR) is 71.8 cm³/mol. The third kappa shape index (κ3) is 5.82. The van der Waals surface area contributed by atoms with Crippen molar-refractivity contribution in [2.45, 2.75) is 26.3 Å². The molecule has 19 heavy (non-hydrogen) atoms. The smallest absolute Gasteiger partial charge is 0.307 e. The first kappa shape index (κ1) is 15.6. The third-order valence-electron chi connectivity index (χ3n) is 2.45. The molecule has 0 aromatic heterocycles. The maximum absolute atomic E-state index is 11.6. The van der Waals surface area contributed by atoms with Gasteiger partial charge in [0.1, 0.15) is 0 Å². The zero-order chi connectivity index (χ0) is 14.3. The molecule has 7 heteroatoms. The van der Waals surface area contributed by atoms with E-state index in [1.165, 1.54) is 0 Å². The molecule has 0 saturated heterocycles. The molecule has 0 unspecified atom stereocenters. The Morgan fingerprint density at radius 1 is 1.21 bits per heavy atom. The number of hydrogen-bond donors (Lipinski definition) is 3. The number of aliphatic carboxylic acids is 1. The molecule has 1 aromatic carbocycles. The molecule has 0 bridgehead atoms. The maximum Gasteiger partial charge on any atom is 0.307 e. The number of benzene rings is 1. The highest BCUT2D eigenvalue weighted by Gasteiger charge is 2.11. The zero-order valence-electron chi connectivity index (χ0n) is 10.7. The van der Waals surface area contributed by atoms with Gasteiger partial charge in [-0.2, -0.15) is 13.1 Å². The topological polar surface area (TPSA) is 95.5 Å². The van der Waals surface area contributed by atoms with Crippen molar-refractivity contribution in [1.29, 1.82) is 0 Å². The quantitative estimate of drug-likeness (QED) is 0.654. The fourth-order valence-electron chi connectivity index (χ4n) is 1.53. The molecule has 0 aliphatic rings. The third-order valence-corrected chi connectivity index (χ3v) is 3.56. The van der Waals surface area contributed by atoms with Crippen LogP contribution in [0.25, 0.3) is 0 Å². The molecule has 0 aliphatic carbocycles. The molecule has 0 atom stereocenters. The lowest BCUT2D eigenvalue weighted by atomic mass is 10.1. The van der Waals surface area contributed by atoms with Crippen LogP contribution in [0.4, 0.5) is 0 Å². The van der Waals surface area contributed by atoms with E-state index in [-0.39, 0.29) is 13.0 Å². The monoisotopic (exact) mass is 286 g/mol. The summed E-state index contributed by atoms with van der Waals surface area (Å²) < 4.78 is 27.9. The second-order valence-corrected chi connectivity index (χ2v) is 5.64. The maximum atomic E-state index is 11.6. The minimum absolute atomic E-state index is 0.0719. The Bertz CT molecular complexity index is 528. The molecular weight excluding hydrogens is 268 g/mol. The molecule has 3 N–H and O–H groups in total. The second kappa shape index (κ2) is 7.22. The van der Waals surface area contributed by atoms with Crippen LogP contribution in [0.5, 0.6) is 0 Å². The second-order valence-electron chi connectivity index (χ2n) is 4.06. The van der Waals surface area contributed by atoms with Gasteiger partial charge < -0.3 is 5.11 Å². The average Bonchev–Trinajstić information content (AvgIpc) is 2.35. The van der Waals surface area contributed by atoms with Gasteiger partial charge in [-0.1, -0.05) is 31.2 Å². The van der Waals surface area contributed by atoms with Crippen LogP contribution in [0.1, 0.15) is 24.5 Å². The van der Waals surface area contributed by atoms with Crippen LogP contribution in [-0.2, 0) is 28.0 Å². The lowest BCUT2D eigenvalue weighted by molar-refractivity contribution is -0.136. The standard InChI is InChI=1S/C12H18N2O4S/c1-2-7-13-19(17,18)14-9-11-6-4-3-5-10(11)8-12(15)16/h3-6,13-14H,2,7-9H2,1H3,(H,15,16). The van der Waals surface area contributed by atoms with Crippen LogP contribution in [0.2, 0.25) is 0 Å². The summed E-state index contributed by atoms with van der Waals surface area (Å²) in [4.78, 5) is 10.7. The Morgan fingerprint density at radius 3 is 2.42 bits per heavy atom. The average molecular weight is 286 g/mol. The molecule has 0 heterocycles. The zero-order valence-corrected chi connectivity index (χ0v) is 11.5. The van der Waals surface area contributed by atoms with Crippen LogP contribution in [0.15, 0.2) is 24.3 Å². The summed E-state index contributed by atoms with van der Waals surface area (Å²) in [6, 6.07) is 6.86. The molecule has 0 spiro atoms. The van der Waals surface area contributed by atoms with E-state index in [2.05, 4.69) is 9.44 Å². The summed E-state index contributed by atoms with van der Waals surface area (Å²) in [6.45, 7) is 2.30. The van der Waals surface area contributed by atoms with Gasteiger partial charge >= 0.3 is 5.97 Å². The minimum atomic E-state index is -3.53. The van der Waals surface area contributed by atoms with E-state index in [1.54, 1.807) is 24.3 Å². The van der Waals surface area contributed by atoms with Gasteiger partial charge in [0.2, 0.25) is 0 Å². The van der Waals surface area contributed by atoms with Crippen molar-refractivity contribution in [3.63, 3.8) is 0 Å². The van der Waals surface area contributed by atoms with E-state index in [0.717, 1.165) is 0 Å². The summed E-state index contributed by atoms with van der Waals surface area (Å²) in [7, 11) is -3.53. The van der Waals surface area contributed by atoms with Gasteiger partial charge in [-0.25, -0.2) is 4.72 Å². The highest BCUT2D eigenvalue weighted by atomic mass is 32.2. The number of carbonyl (C=O) groups is 1. The molecular formula is C12H18N2O4S. The predicted octanol–water partition coefficient (Wildman–Crippen LogP) is 0.648. The van der Waals surface area contributed by atoms with Crippen LogP contribution >= 0.6 is 0 Å². The first-order valence-corrected chi connectivity index (χ1v) is 7.45. The fourth-order valence-corrected chi connectivity index (χ4v) is 2.45. The van der Waals surface area contributed by atoms with E-state index in [9.17, 15) is 13.2 Å². The van der Waals surface area contributed by atoms with Gasteiger partial charge in [-0.05, 0) is 17.5 Å². The van der Waals surface area contributed by atoms with Crippen molar-refractivity contribution < 1.29 is 18.3 Å². The van der Waals surface area contributed by atoms with Gasteiger partial charge in [-0.15, -0.1) is 0 Å². The minimum Gasteiger partial charge on any atom is -0.481 e. The Hall–Kier alpha value is -1.44. The number of nitrogens with one attached hydrogen (secondary N) is 2. The van der Waals surface area contributed by atoms with Gasteiger partial charge in [0.15, 0.2) is 0 Å². The van der Waals surface area contributed by atoms with Crippen molar-refractivity contribution in [2.24, 2.45) is 0 Å². The van der Waals surface area contributed by atoms with Crippen molar-refractivity contribution in [3.8, 4) is 0 Å². The summed E-state index contributed by atoms with van der Waals surface area (Å²) in [5.74, 6) is -0.945. The molecule has 1 aromatic rings. The summed E-state index contributed by atoms with van der Waals surface area (Å²) in [5, 5.41) is 8.78. The lowest BCUT2D eigenvalue weighted by Crippen LogP contribution is -2.36. The number of carboxylic acids is 1. The van der Waals surface area contributed by atoms with Gasteiger partial charge in [0.05, 0.1) is 6.42 Å². The highest BCUT2D eigenvalue weighted by molar-refractivity contribution is 7.87. The largest absolute Gasteiger partial charge is 0.481 e. The van der Waals surface area contributed by atoms with E-state index in [1.807, 2.05) is 6.92 Å². The van der Waals surface area contributed by atoms with Crippen LogP contribution in [0, 0.1) is 0 Å². The van der Waals surface area contributed by atoms with Gasteiger partial charge in [-0.3, -0.25) is 4.79 Å². The molecule has 0 aliphatic heterocycles.